The highest BCUT2D eigenvalue weighted by molar-refractivity contribution is 5.94. The fraction of sp³-hybridized carbons (Fsp3) is 0.462. The van der Waals surface area contributed by atoms with Crippen LogP contribution in [-0.2, 0) is 0 Å². The second-order valence-corrected chi connectivity index (χ2v) is 4.30. The second-order valence-electron chi connectivity index (χ2n) is 4.30. The van der Waals surface area contributed by atoms with Gasteiger partial charge in [-0.25, -0.2) is 0 Å². The van der Waals surface area contributed by atoms with Crippen LogP contribution in [0.4, 0.5) is 0 Å². The number of amides is 1. The van der Waals surface area contributed by atoms with E-state index in [-0.39, 0.29) is 5.91 Å². The van der Waals surface area contributed by atoms with Crippen molar-refractivity contribution in [3.05, 3.63) is 34.9 Å². The topological polar surface area (TPSA) is 20.3 Å². The van der Waals surface area contributed by atoms with Crippen molar-refractivity contribution in [1.29, 1.82) is 0 Å². The lowest BCUT2D eigenvalue weighted by atomic mass is 10.1. The number of carbonyl (C=O) groups excluding carboxylic acids is 1. The molecule has 1 aromatic rings. The van der Waals surface area contributed by atoms with E-state index >= 15 is 0 Å². The standard InChI is InChI=1S/C13H17NO/c1-10-5-6-12(9-11(10)2)13(15)14-7-3-4-8-14/h5-6,9H,3-4,7-8H2,1-2H3. The van der Waals surface area contributed by atoms with Crippen LogP contribution in [-0.4, -0.2) is 23.9 Å². The van der Waals surface area contributed by atoms with Gasteiger partial charge < -0.3 is 4.90 Å². The van der Waals surface area contributed by atoms with Crippen LogP contribution in [0.3, 0.4) is 0 Å². The Kier molecular flexibility index (Phi) is 2.76. The van der Waals surface area contributed by atoms with Crippen molar-refractivity contribution in [2.45, 2.75) is 26.7 Å². The zero-order valence-corrected chi connectivity index (χ0v) is 9.42. The molecule has 0 unspecified atom stereocenters. The number of hydrogen-bond donors (Lipinski definition) is 0. The predicted octanol–water partition coefficient (Wildman–Crippen LogP) is 2.54. The van der Waals surface area contributed by atoms with Gasteiger partial charge in [-0.1, -0.05) is 6.07 Å². The minimum Gasteiger partial charge on any atom is -0.339 e. The summed E-state index contributed by atoms with van der Waals surface area (Å²) in [6, 6.07) is 5.96. The zero-order valence-electron chi connectivity index (χ0n) is 9.42. The minimum atomic E-state index is 0.190. The van der Waals surface area contributed by atoms with Gasteiger partial charge in [0.1, 0.15) is 0 Å². The van der Waals surface area contributed by atoms with Gasteiger partial charge in [0.2, 0.25) is 0 Å². The van der Waals surface area contributed by atoms with Gasteiger partial charge in [-0.05, 0) is 49.9 Å². The van der Waals surface area contributed by atoms with E-state index in [4.69, 9.17) is 0 Å². The van der Waals surface area contributed by atoms with Gasteiger partial charge in [-0.2, -0.15) is 0 Å². The lowest BCUT2D eigenvalue weighted by Gasteiger charge is -2.15. The first-order valence-corrected chi connectivity index (χ1v) is 5.55. The molecule has 1 aromatic carbocycles. The Morgan fingerprint density at radius 3 is 2.40 bits per heavy atom. The molecule has 1 fully saturated rings. The highest BCUT2D eigenvalue weighted by Gasteiger charge is 2.19. The molecule has 0 aromatic heterocycles. The lowest BCUT2D eigenvalue weighted by molar-refractivity contribution is 0.0792. The van der Waals surface area contributed by atoms with Crippen molar-refractivity contribution in [2.24, 2.45) is 0 Å². The van der Waals surface area contributed by atoms with Gasteiger partial charge in [0, 0.05) is 18.7 Å². The number of hydrogen-bond acceptors (Lipinski definition) is 1. The maximum Gasteiger partial charge on any atom is 0.253 e. The number of carbonyl (C=O) groups is 1. The number of rotatable bonds is 1. The highest BCUT2D eigenvalue weighted by atomic mass is 16.2. The quantitative estimate of drug-likeness (QED) is 0.687. The van der Waals surface area contributed by atoms with Crippen molar-refractivity contribution in [3.8, 4) is 0 Å². The molecule has 80 valence electrons. The van der Waals surface area contributed by atoms with Crippen LogP contribution in [0.5, 0.6) is 0 Å². The number of benzene rings is 1. The molecule has 1 saturated heterocycles. The van der Waals surface area contributed by atoms with Crippen LogP contribution in [0.2, 0.25) is 0 Å². The second kappa shape index (κ2) is 4.05. The normalized spacial score (nSPS) is 15.7. The van der Waals surface area contributed by atoms with E-state index in [0.29, 0.717) is 0 Å². The summed E-state index contributed by atoms with van der Waals surface area (Å²) in [5.41, 5.74) is 3.27. The molecule has 0 radical (unpaired) electrons. The third-order valence-corrected chi connectivity index (χ3v) is 3.15. The summed E-state index contributed by atoms with van der Waals surface area (Å²) in [6.45, 7) is 5.97. The van der Waals surface area contributed by atoms with Crippen molar-refractivity contribution in [2.75, 3.05) is 13.1 Å². The maximum atomic E-state index is 12.0. The molecule has 0 aliphatic carbocycles. The molecule has 2 rings (SSSR count). The minimum absolute atomic E-state index is 0.190. The summed E-state index contributed by atoms with van der Waals surface area (Å²) in [7, 11) is 0. The summed E-state index contributed by atoms with van der Waals surface area (Å²) in [4.78, 5) is 14.0. The van der Waals surface area contributed by atoms with E-state index in [9.17, 15) is 4.79 Å². The number of likely N-dealkylation sites (tertiary alicyclic amines) is 1. The first kappa shape index (κ1) is 10.2. The van der Waals surface area contributed by atoms with Crippen molar-refractivity contribution in [1.82, 2.24) is 4.90 Å². The van der Waals surface area contributed by atoms with Crippen LogP contribution in [0.1, 0.15) is 34.3 Å². The lowest BCUT2D eigenvalue weighted by Crippen LogP contribution is -2.27. The van der Waals surface area contributed by atoms with E-state index in [1.807, 2.05) is 23.1 Å². The molecule has 1 amide bonds. The van der Waals surface area contributed by atoms with Crippen LogP contribution >= 0.6 is 0 Å². The van der Waals surface area contributed by atoms with Crippen molar-refractivity contribution < 1.29 is 4.79 Å². The first-order chi connectivity index (χ1) is 7.18. The predicted molar refractivity (Wildman–Crippen MR) is 61.1 cm³/mol. The summed E-state index contributed by atoms with van der Waals surface area (Å²) in [5, 5.41) is 0. The van der Waals surface area contributed by atoms with Gasteiger partial charge in [0.05, 0.1) is 0 Å². The molecule has 0 spiro atoms. The Morgan fingerprint density at radius 2 is 1.80 bits per heavy atom. The van der Waals surface area contributed by atoms with Crippen molar-refractivity contribution in [3.63, 3.8) is 0 Å². The molecule has 1 aliphatic rings. The monoisotopic (exact) mass is 203 g/mol. The number of aryl methyl sites for hydroxylation is 2. The smallest absolute Gasteiger partial charge is 0.253 e. The van der Waals surface area contributed by atoms with E-state index in [1.165, 1.54) is 11.1 Å². The van der Waals surface area contributed by atoms with Gasteiger partial charge in [-0.3, -0.25) is 4.79 Å². The summed E-state index contributed by atoms with van der Waals surface area (Å²) >= 11 is 0. The third kappa shape index (κ3) is 2.04. The zero-order chi connectivity index (χ0) is 10.8. The molecule has 0 atom stereocenters. The molecule has 2 nitrogen and oxygen atoms in total. The Hall–Kier alpha value is -1.31. The molecular formula is C13H17NO. The van der Waals surface area contributed by atoms with Crippen LogP contribution < -0.4 is 0 Å². The van der Waals surface area contributed by atoms with E-state index in [2.05, 4.69) is 13.8 Å². The Balaban J connectivity index is 2.21. The van der Waals surface area contributed by atoms with Gasteiger partial charge in [-0.15, -0.1) is 0 Å². The van der Waals surface area contributed by atoms with Gasteiger partial charge >= 0.3 is 0 Å². The maximum absolute atomic E-state index is 12.0. The van der Waals surface area contributed by atoms with E-state index in [0.717, 1.165) is 31.5 Å². The Bertz CT molecular complexity index is 378. The Labute approximate surface area is 90.9 Å². The molecule has 0 saturated carbocycles. The SMILES string of the molecule is Cc1ccc(C(=O)N2CCCC2)cc1C. The molecular weight excluding hydrogens is 186 g/mol. The molecule has 0 N–H and O–H groups in total. The van der Waals surface area contributed by atoms with Crippen LogP contribution in [0.15, 0.2) is 18.2 Å². The van der Waals surface area contributed by atoms with Crippen LogP contribution in [0.25, 0.3) is 0 Å². The molecule has 1 aliphatic heterocycles. The van der Waals surface area contributed by atoms with Crippen LogP contribution in [0, 0.1) is 13.8 Å². The molecule has 2 heteroatoms. The molecule has 0 bridgehead atoms. The van der Waals surface area contributed by atoms with Gasteiger partial charge in [0.15, 0.2) is 0 Å². The van der Waals surface area contributed by atoms with E-state index < -0.39 is 0 Å². The highest BCUT2D eigenvalue weighted by Crippen LogP contribution is 2.15. The molecule has 15 heavy (non-hydrogen) atoms. The largest absolute Gasteiger partial charge is 0.339 e. The summed E-state index contributed by atoms with van der Waals surface area (Å²) < 4.78 is 0. The Morgan fingerprint density at radius 1 is 1.13 bits per heavy atom. The van der Waals surface area contributed by atoms with Gasteiger partial charge in [0.25, 0.3) is 5.91 Å². The fourth-order valence-electron chi connectivity index (χ4n) is 1.98. The summed E-state index contributed by atoms with van der Waals surface area (Å²) in [6.07, 6.45) is 2.30. The number of nitrogens with zero attached hydrogens (tertiary/aromatic N) is 1. The summed E-state index contributed by atoms with van der Waals surface area (Å²) in [5.74, 6) is 0.190. The fourth-order valence-corrected chi connectivity index (χ4v) is 1.98. The molecule has 1 heterocycles. The average molecular weight is 203 g/mol. The van der Waals surface area contributed by atoms with E-state index in [1.54, 1.807) is 0 Å². The van der Waals surface area contributed by atoms with Crippen molar-refractivity contribution >= 4 is 5.91 Å². The average Bonchev–Trinajstić information content (AvgIpc) is 2.74. The third-order valence-electron chi connectivity index (χ3n) is 3.15. The first-order valence-electron chi connectivity index (χ1n) is 5.55.